The fraction of sp³-hybridized carbons (Fsp3) is 0.936. The van der Waals surface area contributed by atoms with Gasteiger partial charge in [0.15, 0.2) is 12.6 Å². The minimum atomic E-state index is -1.79. The molecule has 12 atom stereocenters. The molecule has 12 unspecified atom stereocenters. The second kappa shape index (κ2) is 63.0. The maximum Gasteiger partial charge on any atom is 0.220 e. The van der Waals surface area contributed by atoms with Crippen LogP contribution in [0.15, 0.2) is 24.3 Å². The number of carbonyl (C=O) groups excluding carboxylic acids is 1. The van der Waals surface area contributed by atoms with Gasteiger partial charge >= 0.3 is 0 Å². The Morgan fingerprint density at radius 2 is 0.696 bits per heavy atom. The molecule has 0 aromatic carbocycles. The van der Waals surface area contributed by atoms with E-state index in [0.29, 0.717) is 12.8 Å². The van der Waals surface area contributed by atoms with Crippen molar-refractivity contribution in [3.8, 4) is 0 Å². The molecule has 2 heterocycles. The van der Waals surface area contributed by atoms with Crippen molar-refractivity contribution in [2.24, 2.45) is 0 Å². The van der Waals surface area contributed by atoms with Crippen LogP contribution in [0.5, 0.6) is 0 Å². The fourth-order valence-corrected chi connectivity index (χ4v) is 13.4. The van der Waals surface area contributed by atoms with E-state index >= 15 is 0 Å². The third-order valence-corrected chi connectivity index (χ3v) is 19.6. The topological polar surface area (TPSA) is 228 Å². The molecule has 0 spiro atoms. The Kier molecular flexibility index (Phi) is 59.2. The number of unbranched alkanes of at least 4 members (excludes halogenated alkanes) is 52. The average molecular weight is 1310 g/mol. The lowest BCUT2D eigenvalue weighted by atomic mass is 9.97. The lowest BCUT2D eigenvalue weighted by molar-refractivity contribution is -0.359. The van der Waals surface area contributed by atoms with E-state index in [4.69, 9.17) is 18.9 Å². The summed E-state index contributed by atoms with van der Waals surface area (Å²) in [4.78, 5) is 13.4. The smallest absolute Gasteiger partial charge is 0.220 e. The maximum absolute atomic E-state index is 13.4. The second-order valence-corrected chi connectivity index (χ2v) is 28.2. The first-order chi connectivity index (χ1) is 45.1. The highest BCUT2D eigenvalue weighted by Gasteiger charge is 2.51. The molecule has 2 aliphatic rings. The Morgan fingerprint density at radius 1 is 0.380 bits per heavy atom. The third kappa shape index (κ3) is 45.9. The van der Waals surface area contributed by atoms with Crippen LogP contribution in [-0.4, -0.2) is 140 Å². The summed E-state index contributed by atoms with van der Waals surface area (Å²) < 4.78 is 22.9. The molecule has 0 aliphatic carbocycles. The van der Waals surface area contributed by atoms with Crippen LogP contribution in [-0.2, 0) is 23.7 Å². The van der Waals surface area contributed by atoms with Crippen LogP contribution >= 0.6 is 0 Å². The first-order valence-electron chi connectivity index (χ1n) is 39.6. The van der Waals surface area contributed by atoms with Crippen molar-refractivity contribution < 1.29 is 64.6 Å². The predicted octanol–water partition coefficient (Wildman–Crippen LogP) is 17.5. The van der Waals surface area contributed by atoms with Gasteiger partial charge in [-0.15, -0.1) is 0 Å². The van der Waals surface area contributed by atoms with E-state index in [1.165, 1.54) is 308 Å². The van der Waals surface area contributed by atoms with E-state index in [-0.39, 0.29) is 18.9 Å². The van der Waals surface area contributed by atoms with Gasteiger partial charge in [-0.1, -0.05) is 359 Å². The van der Waals surface area contributed by atoms with Gasteiger partial charge < -0.3 is 65.1 Å². The number of carbonyl (C=O) groups is 1. The number of aliphatic hydroxyl groups excluding tert-OH is 8. The molecule has 0 bridgehead atoms. The lowest BCUT2D eigenvalue weighted by Crippen LogP contribution is -2.65. The number of allylic oxidation sites excluding steroid dienone is 3. The zero-order valence-corrected chi connectivity index (χ0v) is 59.6. The molecular weight excluding hydrogens is 1160 g/mol. The van der Waals surface area contributed by atoms with Gasteiger partial charge in [0.05, 0.1) is 32.0 Å². The summed E-state index contributed by atoms with van der Waals surface area (Å²) in [6, 6.07) is -0.930. The zero-order valence-electron chi connectivity index (χ0n) is 59.6. The molecule has 2 fully saturated rings. The third-order valence-electron chi connectivity index (χ3n) is 19.6. The lowest BCUT2D eigenvalue weighted by Gasteiger charge is -2.46. The largest absolute Gasteiger partial charge is 0.394 e. The van der Waals surface area contributed by atoms with E-state index in [9.17, 15) is 45.6 Å². The molecule has 92 heavy (non-hydrogen) atoms. The predicted molar refractivity (Wildman–Crippen MR) is 378 cm³/mol. The van der Waals surface area contributed by atoms with Crippen LogP contribution in [0, 0.1) is 0 Å². The molecule has 14 nitrogen and oxygen atoms in total. The minimum absolute atomic E-state index is 0.240. The SMILES string of the molecule is CCCCCCCCCCCCCCCCCCC/C=C/CC/C=C/C(O)C(COC1OC(CO)C(OC2OC(CO)C(O)C(O)C2O)C(O)C1O)NC(=O)CCCCCCCCCCCCCCCCCCCCCCCCCCCCCCCCCCCCC. The number of amides is 1. The van der Waals surface area contributed by atoms with Crippen LogP contribution in [0.4, 0.5) is 0 Å². The standard InChI is InChI=1S/C78H149NO13/c1-3-5-7-9-11-13-15-17-19-21-23-25-27-28-29-30-31-32-33-34-35-36-37-38-40-42-44-46-48-50-52-54-56-58-60-62-70(83)79-66(65-89-77-75(88)73(86)76(69(64-81)91-77)92-78-74(87)72(85)71(84)68(63-80)90-78)67(82)61-59-57-55-53-51-49-47-45-43-41-39-26-24-22-20-18-16-14-12-10-8-6-4-2/h51,53,59,61,66-69,71-78,80-82,84-88H,3-50,52,54-58,60,62-65H2,1-2H3,(H,79,83)/b53-51+,61-59+. The molecule has 0 radical (unpaired) electrons. The number of nitrogens with one attached hydrogen (secondary N) is 1. The summed E-state index contributed by atoms with van der Waals surface area (Å²) >= 11 is 0. The average Bonchev–Trinajstić information content (AvgIpc) is 0.863. The number of rotatable bonds is 67. The molecule has 14 heteroatoms. The van der Waals surface area contributed by atoms with Crippen LogP contribution in [0.25, 0.3) is 0 Å². The fourth-order valence-electron chi connectivity index (χ4n) is 13.4. The first-order valence-corrected chi connectivity index (χ1v) is 39.6. The van der Waals surface area contributed by atoms with Gasteiger partial charge in [-0.05, 0) is 32.1 Å². The van der Waals surface area contributed by atoms with E-state index < -0.39 is 86.8 Å². The van der Waals surface area contributed by atoms with Gasteiger partial charge in [0.1, 0.15) is 48.8 Å². The molecule has 0 aromatic heterocycles. The molecule has 0 saturated carbocycles. The quantitative estimate of drug-likeness (QED) is 0.0204. The summed E-state index contributed by atoms with van der Waals surface area (Å²) in [5.41, 5.74) is 0. The maximum atomic E-state index is 13.4. The van der Waals surface area contributed by atoms with Crippen molar-refractivity contribution in [2.75, 3.05) is 19.8 Å². The van der Waals surface area contributed by atoms with E-state index in [2.05, 4.69) is 31.3 Å². The van der Waals surface area contributed by atoms with Gasteiger partial charge in [0.2, 0.25) is 5.91 Å². The second-order valence-electron chi connectivity index (χ2n) is 28.2. The van der Waals surface area contributed by atoms with Crippen molar-refractivity contribution in [3.63, 3.8) is 0 Å². The highest BCUT2D eigenvalue weighted by Crippen LogP contribution is 2.30. The van der Waals surface area contributed by atoms with Crippen LogP contribution in [0.2, 0.25) is 0 Å². The van der Waals surface area contributed by atoms with E-state index in [1.54, 1.807) is 6.08 Å². The van der Waals surface area contributed by atoms with Crippen molar-refractivity contribution in [3.05, 3.63) is 24.3 Å². The van der Waals surface area contributed by atoms with Crippen molar-refractivity contribution in [2.45, 2.75) is 447 Å². The zero-order chi connectivity index (χ0) is 66.6. The minimum Gasteiger partial charge on any atom is -0.394 e. The molecule has 9 N–H and O–H groups in total. The Hall–Kier alpha value is -1.53. The Bertz CT molecular complexity index is 1640. The first kappa shape index (κ1) is 86.6. The highest BCUT2D eigenvalue weighted by molar-refractivity contribution is 5.76. The molecule has 1 amide bonds. The van der Waals surface area contributed by atoms with E-state index in [1.807, 2.05) is 6.08 Å². The highest BCUT2D eigenvalue weighted by atomic mass is 16.7. The normalized spacial score (nSPS) is 22.7. The summed E-state index contributed by atoms with van der Waals surface area (Å²) in [5.74, 6) is -0.240. The van der Waals surface area contributed by atoms with Gasteiger partial charge in [0.25, 0.3) is 0 Å². The summed E-state index contributed by atoms with van der Waals surface area (Å²) in [7, 11) is 0. The molecule has 2 rings (SSSR count). The van der Waals surface area contributed by atoms with Crippen LogP contribution < -0.4 is 5.32 Å². The van der Waals surface area contributed by atoms with Gasteiger partial charge in [-0.3, -0.25) is 4.79 Å². The van der Waals surface area contributed by atoms with Crippen LogP contribution in [0.3, 0.4) is 0 Å². The van der Waals surface area contributed by atoms with E-state index in [0.717, 1.165) is 32.1 Å². The molecule has 0 aromatic rings. The van der Waals surface area contributed by atoms with Crippen molar-refractivity contribution >= 4 is 5.91 Å². The number of hydrogen-bond acceptors (Lipinski definition) is 13. The Labute approximate surface area is 564 Å². The number of hydrogen-bond donors (Lipinski definition) is 9. The van der Waals surface area contributed by atoms with Crippen LogP contribution in [0.1, 0.15) is 373 Å². The molecule has 2 saturated heterocycles. The Morgan fingerprint density at radius 3 is 1.07 bits per heavy atom. The van der Waals surface area contributed by atoms with Crippen molar-refractivity contribution in [1.82, 2.24) is 5.32 Å². The molecule has 2 aliphatic heterocycles. The summed E-state index contributed by atoms with van der Waals surface area (Å²) in [6.45, 7) is 2.85. The Balaban J connectivity index is 1.61. The van der Waals surface area contributed by atoms with Gasteiger partial charge in [0, 0.05) is 6.42 Å². The van der Waals surface area contributed by atoms with Crippen molar-refractivity contribution in [1.29, 1.82) is 0 Å². The molecule has 544 valence electrons. The van der Waals surface area contributed by atoms with Gasteiger partial charge in [-0.2, -0.15) is 0 Å². The van der Waals surface area contributed by atoms with Gasteiger partial charge in [-0.25, -0.2) is 0 Å². The number of ether oxygens (including phenoxy) is 4. The monoisotopic (exact) mass is 1310 g/mol. The number of aliphatic hydroxyl groups is 8. The summed E-state index contributed by atoms with van der Waals surface area (Å²) in [5, 5.41) is 87.6. The summed E-state index contributed by atoms with van der Waals surface area (Å²) in [6.07, 6.45) is 64.2. The molecular formula is C78H149NO13.